The van der Waals surface area contributed by atoms with Gasteiger partial charge in [-0.25, -0.2) is 18.7 Å². The van der Waals surface area contributed by atoms with Gasteiger partial charge in [-0.1, -0.05) is 12.1 Å². The zero-order valence-electron chi connectivity index (χ0n) is 10.7. The van der Waals surface area contributed by atoms with Gasteiger partial charge in [0.15, 0.2) is 0 Å². The fourth-order valence-electron chi connectivity index (χ4n) is 1.65. The first-order valence-electron chi connectivity index (χ1n) is 5.75. The molecule has 0 aliphatic carbocycles. The van der Waals surface area contributed by atoms with Crippen molar-refractivity contribution in [1.82, 2.24) is 14.3 Å². The number of hydrogen-bond acceptors (Lipinski definition) is 3. The van der Waals surface area contributed by atoms with E-state index in [2.05, 4.69) is 5.10 Å². The van der Waals surface area contributed by atoms with Crippen LogP contribution in [0.4, 0.5) is 4.39 Å². The van der Waals surface area contributed by atoms with Crippen LogP contribution in [0, 0.1) is 5.82 Å². The molecule has 0 aliphatic rings. The van der Waals surface area contributed by atoms with Crippen molar-refractivity contribution in [3.8, 4) is 0 Å². The first-order chi connectivity index (χ1) is 9.47. The first kappa shape index (κ1) is 13.7. The number of carbonyl (C=O) groups is 1. The summed E-state index contributed by atoms with van der Waals surface area (Å²) in [5.74, 6) is -1.62. The summed E-state index contributed by atoms with van der Waals surface area (Å²) in [7, 11) is 1.56. The molecule has 20 heavy (non-hydrogen) atoms. The highest BCUT2D eigenvalue weighted by Gasteiger charge is 2.07. The van der Waals surface area contributed by atoms with Gasteiger partial charge < -0.3 is 5.11 Å². The number of halogens is 1. The molecule has 1 aromatic heterocycles. The third-order valence-corrected chi connectivity index (χ3v) is 2.70. The largest absolute Gasteiger partial charge is 0.478 e. The number of hydrogen-bond donors (Lipinski definition) is 1. The molecule has 0 saturated heterocycles. The monoisotopic (exact) mass is 277 g/mol. The SMILES string of the molecule is Cn1cnn(Cc2ccc(/C=C/C(=O)O)cc2F)c1=O. The van der Waals surface area contributed by atoms with E-state index in [1.54, 1.807) is 13.1 Å². The highest BCUT2D eigenvalue weighted by Crippen LogP contribution is 2.12. The number of carboxylic acids is 1. The van der Waals surface area contributed by atoms with Crippen LogP contribution in [-0.4, -0.2) is 25.4 Å². The maximum absolute atomic E-state index is 13.9. The molecule has 0 radical (unpaired) electrons. The van der Waals surface area contributed by atoms with Crippen molar-refractivity contribution in [1.29, 1.82) is 0 Å². The number of aryl methyl sites for hydroxylation is 1. The zero-order valence-corrected chi connectivity index (χ0v) is 10.7. The van der Waals surface area contributed by atoms with E-state index in [4.69, 9.17) is 5.11 Å². The van der Waals surface area contributed by atoms with E-state index in [1.165, 1.54) is 29.1 Å². The molecule has 0 saturated carbocycles. The third-order valence-electron chi connectivity index (χ3n) is 2.70. The molecule has 0 amide bonds. The van der Waals surface area contributed by atoms with Crippen molar-refractivity contribution >= 4 is 12.0 Å². The van der Waals surface area contributed by atoms with Crippen molar-refractivity contribution in [2.75, 3.05) is 0 Å². The molecule has 0 atom stereocenters. The van der Waals surface area contributed by atoms with Crippen molar-refractivity contribution in [3.63, 3.8) is 0 Å². The minimum Gasteiger partial charge on any atom is -0.478 e. The van der Waals surface area contributed by atoms with Crippen molar-refractivity contribution in [3.05, 3.63) is 58.0 Å². The molecule has 1 N–H and O–H groups in total. The number of aliphatic carboxylic acids is 1. The van der Waals surface area contributed by atoms with Crippen molar-refractivity contribution in [2.45, 2.75) is 6.54 Å². The quantitative estimate of drug-likeness (QED) is 0.841. The highest BCUT2D eigenvalue weighted by atomic mass is 19.1. The van der Waals surface area contributed by atoms with E-state index in [0.29, 0.717) is 11.1 Å². The van der Waals surface area contributed by atoms with Crippen LogP contribution in [-0.2, 0) is 18.4 Å². The summed E-state index contributed by atoms with van der Waals surface area (Å²) in [6.45, 7) is 0.0223. The summed E-state index contributed by atoms with van der Waals surface area (Å²) in [5, 5.41) is 12.3. The second-order valence-corrected chi connectivity index (χ2v) is 4.20. The molecule has 0 fully saturated rings. The fraction of sp³-hybridized carbons (Fsp3) is 0.154. The Labute approximate surface area is 113 Å². The lowest BCUT2D eigenvalue weighted by molar-refractivity contribution is -0.131. The van der Waals surface area contributed by atoms with E-state index >= 15 is 0 Å². The smallest absolute Gasteiger partial charge is 0.345 e. The molecule has 1 aromatic carbocycles. The van der Waals surface area contributed by atoms with Gasteiger partial charge >= 0.3 is 11.7 Å². The third kappa shape index (κ3) is 3.00. The Hall–Kier alpha value is -2.70. The maximum Gasteiger partial charge on any atom is 0.345 e. The van der Waals surface area contributed by atoms with Gasteiger partial charge in [0.1, 0.15) is 12.1 Å². The van der Waals surface area contributed by atoms with Crippen molar-refractivity contribution in [2.24, 2.45) is 7.05 Å². The van der Waals surface area contributed by atoms with Gasteiger partial charge in [0.2, 0.25) is 0 Å². The second kappa shape index (κ2) is 5.52. The molecule has 7 heteroatoms. The second-order valence-electron chi connectivity index (χ2n) is 4.20. The van der Waals surface area contributed by atoms with E-state index < -0.39 is 11.8 Å². The van der Waals surface area contributed by atoms with Gasteiger partial charge in [-0.15, -0.1) is 0 Å². The van der Waals surface area contributed by atoms with Crippen LogP contribution in [0.25, 0.3) is 6.08 Å². The van der Waals surface area contributed by atoms with Gasteiger partial charge in [0.25, 0.3) is 0 Å². The molecule has 1 heterocycles. The lowest BCUT2D eigenvalue weighted by Crippen LogP contribution is -2.23. The maximum atomic E-state index is 13.9. The number of aromatic nitrogens is 3. The molecule has 104 valence electrons. The average Bonchev–Trinajstić information content (AvgIpc) is 2.71. The predicted molar refractivity (Wildman–Crippen MR) is 69.6 cm³/mol. The summed E-state index contributed by atoms with van der Waals surface area (Å²) < 4.78 is 16.3. The molecular weight excluding hydrogens is 265 g/mol. The number of rotatable bonds is 4. The molecular formula is C13H12FN3O3. The molecule has 2 aromatic rings. The Balaban J connectivity index is 2.24. The summed E-state index contributed by atoms with van der Waals surface area (Å²) in [4.78, 5) is 22.0. The minimum atomic E-state index is -1.10. The summed E-state index contributed by atoms with van der Waals surface area (Å²) in [5.41, 5.74) is 0.402. The van der Waals surface area contributed by atoms with Crippen LogP contribution in [0.15, 0.2) is 35.4 Å². The molecule has 2 rings (SSSR count). The lowest BCUT2D eigenvalue weighted by atomic mass is 10.1. The van der Waals surface area contributed by atoms with E-state index in [0.717, 1.165) is 10.8 Å². The first-order valence-corrected chi connectivity index (χ1v) is 5.75. The van der Waals surface area contributed by atoms with Crippen molar-refractivity contribution < 1.29 is 14.3 Å². The number of nitrogens with zero attached hydrogens (tertiary/aromatic N) is 3. The Morgan fingerprint density at radius 2 is 2.25 bits per heavy atom. The van der Waals surface area contributed by atoms with Crippen LogP contribution in [0.1, 0.15) is 11.1 Å². The van der Waals surface area contributed by atoms with Gasteiger partial charge in [-0.2, -0.15) is 5.10 Å². The Morgan fingerprint density at radius 3 is 2.80 bits per heavy atom. The summed E-state index contributed by atoms with van der Waals surface area (Å²) in [6, 6.07) is 4.28. The molecule has 0 aliphatic heterocycles. The molecule has 6 nitrogen and oxygen atoms in total. The summed E-state index contributed by atoms with van der Waals surface area (Å²) >= 11 is 0. The van der Waals surface area contributed by atoms with Gasteiger partial charge in [0.05, 0.1) is 6.54 Å². The average molecular weight is 277 g/mol. The minimum absolute atomic E-state index is 0.0223. The van der Waals surface area contributed by atoms with Crippen LogP contribution in [0.3, 0.4) is 0 Å². The molecule has 0 bridgehead atoms. The molecule has 0 unspecified atom stereocenters. The van der Waals surface area contributed by atoms with Gasteiger partial charge in [0, 0.05) is 18.7 Å². The van der Waals surface area contributed by atoms with Crippen LogP contribution >= 0.6 is 0 Å². The standard InChI is InChI=1S/C13H12FN3O3/c1-16-8-15-17(13(16)20)7-10-4-2-9(6-11(10)14)3-5-12(18)19/h2-6,8H,7H2,1H3,(H,18,19)/b5-3+. The summed E-state index contributed by atoms with van der Waals surface area (Å²) in [6.07, 6.45) is 3.57. The number of benzene rings is 1. The van der Waals surface area contributed by atoms with Crippen LogP contribution in [0.5, 0.6) is 0 Å². The van der Waals surface area contributed by atoms with E-state index in [-0.39, 0.29) is 12.2 Å². The van der Waals surface area contributed by atoms with Crippen LogP contribution in [0.2, 0.25) is 0 Å². The topological polar surface area (TPSA) is 77.1 Å². The van der Waals surface area contributed by atoms with Crippen LogP contribution < -0.4 is 5.69 Å². The highest BCUT2D eigenvalue weighted by molar-refractivity contribution is 5.85. The Bertz CT molecular complexity index is 731. The lowest BCUT2D eigenvalue weighted by Gasteiger charge is -2.03. The predicted octanol–water partition coefficient (Wildman–Crippen LogP) is 0.867. The van der Waals surface area contributed by atoms with E-state index in [9.17, 15) is 14.0 Å². The van der Waals surface area contributed by atoms with Gasteiger partial charge in [-0.05, 0) is 17.7 Å². The molecule has 0 spiro atoms. The van der Waals surface area contributed by atoms with Gasteiger partial charge in [-0.3, -0.25) is 4.57 Å². The number of carboxylic acid groups (broad SMARTS) is 1. The normalized spacial score (nSPS) is 11.1. The Morgan fingerprint density at radius 1 is 1.50 bits per heavy atom. The zero-order chi connectivity index (χ0) is 14.7. The fourth-order valence-corrected chi connectivity index (χ4v) is 1.65. The Kier molecular flexibility index (Phi) is 3.79. The van der Waals surface area contributed by atoms with E-state index in [1.807, 2.05) is 0 Å².